The van der Waals surface area contributed by atoms with Gasteiger partial charge in [0.2, 0.25) is 0 Å². The van der Waals surface area contributed by atoms with Crippen LogP contribution in [-0.4, -0.2) is 5.78 Å². The number of benzene rings is 2. The summed E-state index contributed by atoms with van der Waals surface area (Å²) in [5.41, 5.74) is 3.27. The quantitative estimate of drug-likeness (QED) is 0.775. The van der Waals surface area contributed by atoms with Gasteiger partial charge in [0.1, 0.15) is 5.92 Å². The van der Waals surface area contributed by atoms with Gasteiger partial charge in [-0.15, -0.1) is 0 Å². The van der Waals surface area contributed by atoms with Gasteiger partial charge in [-0.05, 0) is 43.2 Å². The zero-order valence-electron chi connectivity index (χ0n) is 11.4. The maximum atomic E-state index is 12.6. The van der Waals surface area contributed by atoms with Crippen LogP contribution in [0.1, 0.15) is 33.0 Å². The maximum absolute atomic E-state index is 12.6. The van der Waals surface area contributed by atoms with E-state index in [1.807, 2.05) is 50.2 Å². The summed E-state index contributed by atoms with van der Waals surface area (Å²) in [6.07, 6.45) is 0. The molecule has 0 heterocycles. The third-order valence-electron chi connectivity index (χ3n) is 3.22. The molecule has 0 spiro atoms. The van der Waals surface area contributed by atoms with Gasteiger partial charge < -0.3 is 0 Å². The second-order valence-electron chi connectivity index (χ2n) is 4.80. The minimum absolute atomic E-state index is 0.150. The van der Waals surface area contributed by atoms with E-state index in [0.717, 1.165) is 21.2 Å². The molecular weight excluding hydrogens is 314 g/mol. The van der Waals surface area contributed by atoms with Crippen LogP contribution in [0.2, 0.25) is 0 Å². The molecule has 2 rings (SSSR count). The Morgan fingerprint density at radius 1 is 1.20 bits per heavy atom. The van der Waals surface area contributed by atoms with Gasteiger partial charge in [0, 0.05) is 10.0 Å². The van der Waals surface area contributed by atoms with E-state index in [-0.39, 0.29) is 5.78 Å². The average Bonchev–Trinajstić information content (AvgIpc) is 2.39. The Morgan fingerprint density at radius 2 is 1.95 bits per heavy atom. The summed E-state index contributed by atoms with van der Waals surface area (Å²) >= 11 is 3.38. The first-order valence-corrected chi connectivity index (χ1v) is 7.09. The SMILES string of the molecule is Cc1cccc(C(C#N)C(=O)c2ccc(Br)cc2C)c1. The molecule has 0 N–H and O–H groups in total. The maximum Gasteiger partial charge on any atom is 0.184 e. The highest BCUT2D eigenvalue weighted by molar-refractivity contribution is 9.10. The average molecular weight is 328 g/mol. The highest BCUT2D eigenvalue weighted by atomic mass is 79.9. The normalized spacial score (nSPS) is 11.7. The molecule has 20 heavy (non-hydrogen) atoms. The number of ketones is 1. The zero-order chi connectivity index (χ0) is 14.7. The van der Waals surface area contributed by atoms with Crippen LogP contribution in [0.4, 0.5) is 0 Å². The summed E-state index contributed by atoms with van der Waals surface area (Å²) in [6, 6.07) is 15.1. The third kappa shape index (κ3) is 2.97. The lowest BCUT2D eigenvalue weighted by molar-refractivity contribution is 0.0978. The highest BCUT2D eigenvalue weighted by Gasteiger charge is 2.23. The predicted molar refractivity (Wildman–Crippen MR) is 82.7 cm³/mol. The Morgan fingerprint density at radius 3 is 2.55 bits per heavy atom. The molecular formula is C17H14BrNO. The lowest BCUT2D eigenvalue weighted by atomic mass is 9.89. The van der Waals surface area contributed by atoms with E-state index in [2.05, 4.69) is 22.0 Å². The molecule has 0 aliphatic heterocycles. The van der Waals surface area contributed by atoms with Crippen LogP contribution >= 0.6 is 15.9 Å². The van der Waals surface area contributed by atoms with Crippen molar-refractivity contribution in [3.8, 4) is 6.07 Å². The molecule has 0 bridgehead atoms. The third-order valence-corrected chi connectivity index (χ3v) is 3.71. The number of Topliss-reactive ketones (excluding diaryl/α,β-unsaturated/α-hetero) is 1. The Hall–Kier alpha value is -1.92. The largest absolute Gasteiger partial charge is 0.292 e. The Balaban J connectivity index is 2.42. The van der Waals surface area contributed by atoms with Crippen LogP contribution < -0.4 is 0 Å². The number of halogens is 1. The molecule has 0 saturated heterocycles. The van der Waals surface area contributed by atoms with Crippen molar-refractivity contribution in [2.45, 2.75) is 19.8 Å². The van der Waals surface area contributed by atoms with Gasteiger partial charge in [0.05, 0.1) is 6.07 Å². The number of nitriles is 1. The molecule has 1 unspecified atom stereocenters. The molecule has 0 aliphatic carbocycles. The molecule has 0 fully saturated rings. The first-order chi connectivity index (χ1) is 9.52. The van der Waals surface area contributed by atoms with Crippen LogP contribution in [0.5, 0.6) is 0 Å². The second-order valence-corrected chi connectivity index (χ2v) is 5.72. The molecule has 0 radical (unpaired) electrons. The van der Waals surface area contributed by atoms with Gasteiger partial charge in [0.15, 0.2) is 5.78 Å². The summed E-state index contributed by atoms with van der Waals surface area (Å²) in [7, 11) is 0. The van der Waals surface area contributed by atoms with Crippen LogP contribution in [0.3, 0.4) is 0 Å². The van der Waals surface area contributed by atoms with Gasteiger partial charge in [0.25, 0.3) is 0 Å². The smallest absolute Gasteiger partial charge is 0.184 e. The number of rotatable bonds is 3. The van der Waals surface area contributed by atoms with Gasteiger partial charge >= 0.3 is 0 Å². The summed E-state index contributed by atoms with van der Waals surface area (Å²) in [5, 5.41) is 9.37. The van der Waals surface area contributed by atoms with Crippen molar-refractivity contribution >= 4 is 21.7 Å². The summed E-state index contributed by atoms with van der Waals surface area (Å²) in [4.78, 5) is 12.6. The highest BCUT2D eigenvalue weighted by Crippen LogP contribution is 2.24. The van der Waals surface area contributed by atoms with E-state index in [1.54, 1.807) is 6.07 Å². The van der Waals surface area contributed by atoms with E-state index < -0.39 is 5.92 Å². The standard InChI is InChI=1S/C17H14BrNO/c1-11-4-3-5-13(8-11)16(10-19)17(20)15-7-6-14(18)9-12(15)2/h3-9,16H,1-2H3. The van der Waals surface area contributed by atoms with Crippen molar-refractivity contribution in [3.05, 3.63) is 69.2 Å². The van der Waals surface area contributed by atoms with Crippen LogP contribution in [0, 0.1) is 25.2 Å². The fourth-order valence-electron chi connectivity index (χ4n) is 2.19. The second kappa shape index (κ2) is 6.02. The zero-order valence-corrected chi connectivity index (χ0v) is 12.9. The van der Waals surface area contributed by atoms with Crippen molar-refractivity contribution in [2.75, 3.05) is 0 Å². The van der Waals surface area contributed by atoms with Gasteiger partial charge in [-0.25, -0.2) is 0 Å². The Labute approximate surface area is 127 Å². The number of aryl methyl sites for hydroxylation is 2. The molecule has 2 aromatic rings. The molecule has 0 amide bonds. The Kier molecular flexibility index (Phi) is 4.36. The number of carbonyl (C=O) groups excluding carboxylic acids is 1. The van der Waals surface area contributed by atoms with Crippen molar-refractivity contribution < 1.29 is 4.79 Å². The van der Waals surface area contributed by atoms with Crippen molar-refractivity contribution in [1.82, 2.24) is 0 Å². The molecule has 2 aromatic carbocycles. The summed E-state index contributed by atoms with van der Waals surface area (Å²) in [6.45, 7) is 3.83. The van der Waals surface area contributed by atoms with E-state index in [4.69, 9.17) is 0 Å². The first kappa shape index (κ1) is 14.5. The first-order valence-electron chi connectivity index (χ1n) is 6.29. The van der Waals surface area contributed by atoms with E-state index in [9.17, 15) is 10.1 Å². The van der Waals surface area contributed by atoms with Gasteiger partial charge in [-0.1, -0.05) is 45.8 Å². The molecule has 2 nitrogen and oxygen atoms in total. The molecule has 1 atom stereocenters. The lowest BCUT2D eigenvalue weighted by Gasteiger charge is -2.11. The van der Waals surface area contributed by atoms with Crippen molar-refractivity contribution in [2.24, 2.45) is 0 Å². The van der Waals surface area contributed by atoms with Crippen molar-refractivity contribution in [1.29, 1.82) is 5.26 Å². The number of hydrogen-bond donors (Lipinski definition) is 0. The minimum atomic E-state index is -0.755. The lowest BCUT2D eigenvalue weighted by Crippen LogP contribution is -2.12. The minimum Gasteiger partial charge on any atom is -0.292 e. The van der Waals surface area contributed by atoms with Crippen LogP contribution in [-0.2, 0) is 0 Å². The van der Waals surface area contributed by atoms with E-state index in [1.165, 1.54) is 0 Å². The molecule has 3 heteroatoms. The van der Waals surface area contributed by atoms with Gasteiger partial charge in [-0.3, -0.25) is 4.79 Å². The van der Waals surface area contributed by atoms with Gasteiger partial charge in [-0.2, -0.15) is 5.26 Å². The molecule has 0 saturated carbocycles. The fourth-order valence-corrected chi connectivity index (χ4v) is 2.67. The fraction of sp³-hybridized carbons (Fsp3) is 0.176. The number of carbonyl (C=O) groups is 1. The Bertz CT molecular complexity index is 700. The topological polar surface area (TPSA) is 40.9 Å². The number of nitrogens with zero attached hydrogens (tertiary/aromatic N) is 1. The van der Waals surface area contributed by atoms with Crippen LogP contribution in [0.15, 0.2) is 46.9 Å². The van der Waals surface area contributed by atoms with Crippen LogP contribution in [0.25, 0.3) is 0 Å². The summed E-state index contributed by atoms with van der Waals surface area (Å²) < 4.78 is 0.926. The monoisotopic (exact) mass is 327 g/mol. The molecule has 0 aliphatic rings. The summed E-state index contributed by atoms with van der Waals surface area (Å²) in [5.74, 6) is -0.905. The van der Waals surface area contributed by atoms with E-state index >= 15 is 0 Å². The number of hydrogen-bond acceptors (Lipinski definition) is 2. The predicted octanol–water partition coefficient (Wildman–Crippen LogP) is 4.56. The molecule has 0 aromatic heterocycles. The van der Waals surface area contributed by atoms with E-state index in [0.29, 0.717) is 5.56 Å². The van der Waals surface area contributed by atoms with Crippen molar-refractivity contribution in [3.63, 3.8) is 0 Å². The molecule has 100 valence electrons.